The molecule has 1 aromatic carbocycles. The molecule has 2 aromatic rings. The van der Waals surface area contributed by atoms with Gasteiger partial charge < -0.3 is 0 Å². The molecule has 0 aliphatic carbocycles. The summed E-state index contributed by atoms with van der Waals surface area (Å²) < 4.78 is 27.1. The van der Waals surface area contributed by atoms with Crippen molar-refractivity contribution in [3.63, 3.8) is 0 Å². The van der Waals surface area contributed by atoms with Crippen molar-refractivity contribution in [1.29, 1.82) is 0 Å². The first-order chi connectivity index (χ1) is 8.90. The molecule has 1 heterocycles. The lowest BCUT2D eigenvalue weighted by atomic mass is 10.3. The third-order valence-corrected chi connectivity index (χ3v) is 5.80. The van der Waals surface area contributed by atoms with Crippen LogP contribution in [0.15, 0.2) is 40.6 Å². The van der Waals surface area contributed by atoms with Crippen LogP contribution >= 0.6 is 34.5 Å². The molecule has 0 saturated heterocycles. The summed E-state index contributed by atoms with van der Waals surface area (Å²) in [6.07, 6.45) is 0. The van der Waals surface area contributed by atoms with Crippen molar-refractivity contribution in [2.45, 2.75) is 17.9 Å². The van der Waals surface area contributed by atoms with Crippen LogP contribution in [0.1, 0.15) is 17.8 Å². The Bertz CT molecular complexity index is 669. The molecule has 0 amide bonds. The minimum atomic E-state index is -3.70. The fraction of sp³-hybridized carbons (Fsp3) is 0.167. The molecule has 0 spiro atoms. The average Bonchev–Trinajstić information content (AvgIpc) is 2.85. The van der Waals surface area contributed by atoms with E-state index >= 15 is 0 Å². The number of sulfonamides is 1. The van der Waals surface area contributed by atoms with E-state index in [1.165, 1.54) is 23.5 Å². The minimum absolute atomic E-state index is 0.00919. The smallest absolute Gasteiger partial charge is 0.207 e. The highest BCUT2D eigenvalue weighted by molar-refractivity contribution is 7.89. The Hall–Kier alpha value is -0.590. The van der Waals surface area contributed by atoms with E-state index in [0.29, 0.717) is 5.02 Å². The van der Waals surface area contributed by atoms with Crippen LogP contribution in [0.2, 0.25) is 10.0 Å². The van der Waals surface area contributed by atoms with E-state index < -0.39 is 10.0 Å². The molecule has 1 aromatic heterocycles. The van der Waals surface area contributed by atoms with Crippen LogP contribution in [0, 0.1) is 0 Å². The van der Waals surface area contributed by atoms with Gasteiger partial charge in [-0.2, -0.15) is 0 Å². The number of thiophene rings is 1. The molecule has 0 saturated carbocycles. The van der Waals surface area contributed by atoms with Crippen LogP contribution in [0.5, 0.6) is 0 Å². The molecular weight excluding hydrogens is 325 g/mol. The van der Waals surface area contributed by atoms with Crippen LogP contribution in [0.25, 0.3) is 0 Å². The second-order valence-corrected chi connectivity index (χ2v) is 7.44. The zero-order valence-corrected chi connectivity index (χ0v) is 13.1. The quantitative estimate of drug-likeness (QED) is 0.914. The summed E-state index contributed by atoms with van der Waals surface area (Å²) in [6.45, 7) is 1.78. The first-order valence-electron chi connectivity index (χ1n) is 5.41. The van der Waals surface area contributed by atoms with Gasteiger partial charge in [-0.05, 0) is 36.6 Å². The minimum Gasteiger partial charge on any atom is -0.207 e. The van der Waals surface area contributed by atoms with Crippen LogP contribution in [0.3, 0.4) is 0 Å². The fourth-order valence-corrected chi connectivity index (χ4v) is 4.37. The molecular formula is C12H11Cl2NO2S2. The zero-order valence-electron chi connectivity index (χ0n) is 9.93. The van der Waals surface area contributed by atoms with E-state index in [1.807, 2.05) is 17.5 Å². The molecule has 0 radical (unpaired) electrons. The molecule has 0 bridgehead atoms. The number of rotatable bonds is 4. The number of hydrogen-bond acceptors (Lipinski definition) is 3. The van der Waals surface area contributed by atoms with Crippen molar-refractivity contribution >= 4 is 44.6 Å². The zero-order chi connectivity index (χ0) is 14.0. The van der Waals surface area contributed by atoms with Gasteiger partial charge in [-0.3, -0.25) is 0 Å². The van der Waals surface area contributed by atoms with Gasteiger partial charge in [0.05, 0.1) is 11.1 Å². The maximum Gasteiger partial charge on any atom is 0.242 e. The first-order valence-corrected chi connectivity index (χ1v) is 8.53. The van der Waals surface area contributed by atoms with E-state index in [-0.39, 0.29) is 16.0 Å². The van der Waals surface area contributed by atoms with Gasteiger partial charge in [0.25, 0.3) is 0 Å². The van der Waals surface area contributed by atoms with E-state index in [2.05, 4.69) is 4.72 Å². The lowest BCUT2D eigenvalue weighted by Gasteiger charge is -2.13. The fourth-order valence-electron chi connectivity index (χ4n) is 1.58. The Labute approximate surface area is 126 Å². The predicted octanol–water partition coefficient (Wildman–Crippen LogP) is 4.09. The Morgan fingerprint density at radius 1 is 1.26 bits per heavy atom. The molecule has 7 heteroatoms. The highest BCUT2D eigenvalue weighted by Crippen LogP contribution is 2.27. The molecule has 0 aliphatic rings. The van der Waals surface area contributed by atoms with Crippen molar-refractivity contribution in [3.8, 4) is 0 Å². The number of hydrogen-bond donors (Lipinski definition) is 1. The van der Waals surface area contributed by atoms with Crippen LogP contribution < -0.4 is 4.72 Å². The average molecular weight is 336 g/mol. The van der Waals surface area contributed by atoms with Gasteiger partial charge in [0.15, 0.2) is 0 Å². The molecule has 19 heavy (non-hydrogen) atoms. The van der Waals surface area contributed by atoms with Crippen LogP contribution in [0.4, 0.5) is 0 Å². The Kier molecular flexibility index (Phi) is 4.53. The van der Waals surface area contributed by atoms with Gasteiger partial charge in [-0.25, -0.2) is 13.1 Å². The van der Waals surface area contributed by atoms with Crippen LogP contribution in [-0.2, 0) is 10.0 Å². The largest absolute Gasteiger partial charge is 0.242 e. The van der Waals surface area contributed by atoms with E-state index in [9.17, 15) is 8.42 Å². The highest BCUT2D eigenvalue weighted by Gasteiger charge is 2.21. The lowest BCUT2D eigenvalue weighted by Crippen LogP contribution is -2.26. The Balaban J connectivity index is 2.30. The van der Waals surface area contributed by atoms with Gasteiger partial charge in [-0.15, -0.1) is 11.3 Å². The Morgan fingerprint density at radius 2 is 2.00 bits per heavy atom. The molecule has 1 atom stereocenters. The molecule has 0 unspecified atom stereocenters. The summed E-state index contributed by atoms with van der Waals surface area (Å²) >= 11 is 13.2. The number of benzene rings is 1. The topological polar surface area (TPSA) is 46.2 Å². The summed E-state index contributed by atoms with van der Waals surface area (Å²) in [5, 5.41) is 2.37. The van der Waals surface area contributed by atoms with Gasteiger partial charge in [-0.1, -0.05) is 29.3 Å². The van der Waals surface area contributed by atoms with Gasteiger partial charge in [0.1, 0.15) is 4.90 Å². The second-order valence-electron chi connectivity index (χ2n) is 3.93. The monoisotopic (exact) mass is 335 g/mol. The highest BCUT2D eigenvalue weighted by atomic mass is 35.5. The van der Waals surface area contributed by atoms with Crippen LogP contribution in [-0.4, -0.2) is 8.42 Å². The van der Waals surface area contributed by atoms with Crippen molar-refractivity contribution < 1.29 is 8.42 Å². The first kappa shape index (κ1) is 14.8. The van der Waals surface area contributed by atoms with Crippen molar-refractivity contribution in [1.82, 2.24) is 4.72 Å². The lowest BCUT2D eigenvalue weighted by molar-refractivity contribution is 0.568. The normalized spacial score (nSPS) is 13.4. The van der Waals surface area contributed by atoms with Crippen molar-refractivity contribution in [3.05, 3.63) is 50.6 Å². The van der Waals surface area contributed by atoms with E-state index in [0.717, 1.165) is 4.88 Å². The molecule has 3 nitrogen and oxygen atoms in total. The summed E-state index contributed by atoms with van der Waals surface area (Å²) in [5.41, 5.74) is 0. The van der Waals surface area contributed by atoms with E-state index in [4.69, 9.17) is 23.2 Å². The summed E-state index contributed by atoms with van der Waals surface area (Å²) in [6, 6.07) is 7.78. The maximum absolute atomic E-state index is 12.3. The second kappa shape index (κ2) is 5.81. The van der Waals surface area contributed by atoms with Gasteiger partial charge >= 0.3 is 0 Å². The molecule has 0 aliphatic heterocycles. The standard InChI is InChI=1S/C12H11Cl2NO2S2/c1-8(11-3-2-6-18-11)15-19(16,17)12-7-9(13)4-5-10(12)14/h2-8,15H,1H3/t8-/m1/s1. The maximum atomic E-state index is 12.3. The number of nitrogens with one attached hydrogen (secondary N) is 1. The summed E-state index contributed by atoms with van der Waals surface area (Å²) in [5.74, 6) is 0. The summed E-state index contributed by atoms with van der Waals surface area (Å²) in [4.78, 5) is 0.923. The molecule has 102 valence electrons. The molecule has 2 rings (SSSR count). The van der Waals surface area contributed by atoms with Gasteiger partial charge in [0, 0.05) is 9.90 Å². The van der Waals surface area contributed by atoms with Crippen molar-refractivity contribution in [2.75, 3.05) is 0 Å². The molecule has 0 fully saturated rings. The van der Waals surface area contributed by atoms with E-state index in [1.54, 1.807) is 13.0 Å². The molecule has 1 N–H and O–H groups in total. The third kappa shape index (κ3) is 3.49. The third-order valence-electron chi connectivity index (χ3n) is 2.48. The SMILES string of the molecule is C[C@@H](NS(=O)(=O)c1cc(Cl)ccc1Cl)c1cccs1. The Morgan fingerprint density at radius 3 is 2.63 bits per heavy atom. The predicted molar refractivity (Wildman–Crippen MR) is 79.5 cm³/mol. The summed E-state index contributed by atoms with van der Waals surface area (Å²) in [7, 11) is -3.70. The van der Waals surface area contributed by atoms with Crippen molar-refractivity contribution in [2.24, 2.45) is 0 Å². The number of halogens is 2. The van der Waals surface area contributed by atoms with Gasteiger partial charge in [0.2, 0.25) is 10.0 Å².